The van der Waals surface area contributed by atoms with Gasteiger partial charge >= 0.3 is 11.9 Å². The van der Waals surface area contributed by atoms with E-state index < -0.39 is 6.10 Å². The average Bonchev–Trinajstić information content (AvgIpc) is 3.32. The minimum absolute atomic E-state index is 0.0757. The number of allylic oxidation sites excluding steroid dienone is 12. The van der Waals surface area contributed by atoms with Crippen LogP contribution in [0.2, 0.25) is 0 Å². The van der Waals surface area contributed by atoms with E-state index in [1.807, 2.05) is 0 Å². The summed E-state index contributed by atoms with van der Waals surface area (Å²) in [4.78, 5) is 25.5. The Hall–Kier alpha value is -2.66. The van der Waals surface area contributed by atoms with Gasteiger partial charge in [0.2, 0.25) is 0 Å². The fourth-order valence-electron chi connectivity index (χ4n) is 7.96. The molecule has 0 rings (SSSR count). The summed E-state index contributed by atoms with van der Waals surface area (Å²) in [6.45, 7) is 7.68. The van der Waals surface area contributed by atoms with Gasteiger partial charge in [-0.25, -0.2) is 0 Å². The minimum atomic E-state index is -0.549. The van der Waals surface area contributed by atoms with Crippen LogP contribution >= 0.6 is 0 Å². The molecule has 0 aliphatic rings. The Bertz CT molecular complexity index is 1180. The summed E-state index contributed by atoms with van der Waals surface area (Å²) in [5, 5.41) is 0. The van der Waals surface area contributed by atoms with E-state index >= 15 is 0 Å². The standard InChI is InChI=1S/C61H108O5/c1-4-7-10-13-16-19-22-25-28-30-31-33-34-36-39-42-45-48-51-54-60(62)65-58-59(57-64-56-53-50-47-44-41-38-27-24-21-18-15-12-9-6-3)66-61(63)55-52-49-46-43-40-37-35-32-29-26-23-20-17-14-11-8-5-2/h8,11,16-17,19-21,24-26,28-29,59H,4-7,9-10,12-15,18,22-23,27,30-58H2,1-3H3/b11-8-,19-16-,20-17-,24-21-,28-25-,29-26-. The smallest absolute Gasteiger partial charge is 0.306 e. The number of esters is 2. The monoisotopic (exact) mass is 921 g/mol. The second kappa shape index (κ2) is 56.7. The molecule has 1 atom stereocenters. The summed E-state index contributed by atoms with van der Waals surface area (Å²) in [7, 11) is 0. The maximum Gasteiger partial charge on any atom is 0.306 e. The van der Waals surface area contributed by atoms with Gasteiger partial charge in [-0.15, -0.1) is 0 Å². The molecule has 0 heterocycles. The van der Waals surface area contributed by atoms with E-state index in [1.54, 1.807) is 0 Å². The van der Waals surface area contributed by atoms with E-state index in [9.17, 15) is 9.59 Å². The number of unbranched alkanes of at least 4 members (excludes halogenated alkanes) is 29. The molecule has 0 aromatic heterocycles. The first-order chi connectivity index (χ1) is 32.6. The Morgan fingerprint density at radius 3 is 1.14 bits per heavy atom. The maximum atomic E-state index is 12.9. The van der Waals surface area contributed by atoms with Gasteiger partial charge in [0, 0.05) is 19.4 Å². The highest BCUT2D eigenvalue weighted by atomic mass is 16.6. The summed E-state index contributed by atoms with van der Waals surface area (Å²) in [6.07, 6.45) is 73.4. The molecular weight excluding hydrogens is 813 g/mol. The first kappa shape index (κ1) is 63.3. The van der Waals surface area contributed by atoms with Gasteiger partial charge in [0.15, 0.2) is 6.10 Å². The molecule has 0 aliphatic carbocycles. The van der Waals surface area contributed by atoms with E-state index in [4.69, 9.17) is 14.2 Å². The number of hydrogen-bond donors (Lipinski definition) is 0. The molecule has 0 aromatic rings. The maximum absolute atomic E-state index is 12.9. The van der Waals surface area contributed by atoms with Crippen molar-refractivity contribution in [3.63, 3.8) is 0 Å². The largest absolute Gasteiger partial charge is 0.462 e. The van der Waals surface area contributed by atoms with Crippen molar-refractivity contribution in [1.82, 2.24) is 0 Å². The first-order valence-corrected chi connectivity index (χ1v) is 28.5. The SMILES string of the molecule is CC/C=C\C/C=C\C/C=C\CCCCCCCCCC(=O)OC(COCCCCCCCC/C=C\CCCCCC)COC(=O)CCCCCCCCCCC/C=C\C/C=C\CCCCC. The van der Waals surface area contributed by atoms with Crippen LogP contribution in [0.3, 0.4) is 0 Å². The fraction of sp³-hybridized carbons (Fsp3) is 0.770. The molecule has 0 saturated heterocycles. The fourth-order valence-corrected chi connectivity index (χ4v) is 7.96. The number of hydrogen-bond acceptors (Lipinski definition) is 5. The zero-order valence-electron chi connectivity index (χ0n) is 44.0. The van der Waals surface area contributed by atoms with Gasteiger partial charge in [0.1, 0.15) is 6.61 Å². The van der Waals surface area contributed by atoms with Crippen LogP contribution in [-0.2, 0) is 23.8 Å². The predicted octanol–water partition coefficient (Wildman–Crippen LogP) is 19.5. The van der Waals surface area contributed by atoms with Crippen molar-refractivity contribution < 1.29 is 23.8 Å². The Morgan fingerprint density at radius 2 is 0.682 bits per heavy atom. The highest BCUT2D eigenvalue weighted by Crippen LogP contribution is 2.15. The number of carbonyl (C=O) groups is 2. The van der Waals surface area contributed by atoms with Gasteiger partial charge in [0.05, 0.1) is 6.61 Å². The third kappa shape index (κ3) is 54.0. The normalized spacial score (nSPS) is 12.7. The Morgan fingerprint density at radius 1 is 0.348 bits per heavy atom. The van der Waals surface area contributed by atoms with Gasteiger partial charge in [-0.3, -0.25) is 9.59 Å². The van der Waals surface area contributed by atoms with Crippen molar-refractivity contribution >= 4 is 11.9 Å². The lowest BCUT2D eigenvalue weighted by Gasteiger charge is -2.18. The molecule has 0 aliphatic heterocycles. The second-order valence-electron chi connectivity index (χ2n) is 18.8. The van der Waals surface area contributed by atoms with Crippen LogP contribution in [0.4, 0.5) is 0 Å². The Balaban J connectivity index is 4.28. The topological polar surface area (TPSA) is 61.8 Å². The second-order valence-corrected chi connectivity index (χ2v) is 18.8. The molecule has 0 amide bonds. The van der Waals surface area contributed by atoms with Crippen LogP contribution in [0.25, 0.3) is 0 Å². The van der Waals surface area contributed by atoms with Crippen LogP contribution in [0.1, 0.15) is 278 Å². The van der Waals surface area contributed by atoms with Crippen LogP contribution in [-0.4, -0.2) is 37.9 Å². The quantitative estimate of drug-likeness (QED) is 0.0346. The highest BCUT2D eigenvalue weighted by molar-refractivity contribution is 5.70. The zero-order chi connectivity index (χ0) is 47.7. The molecule has 66 heavy (non-hydrogen) atoms. The first-order valence-electron chi connectivity index (χ1n) is 28.5. The van der Waals surface area contributed by atoms with E-state index in [1.165, 1.54) is 167 Å². The molecule has 5 nitrogen and oxygen atoms in total. The average molecular weight is 922 g/mol. The van der Waals surface area contributed by atoms with E-state index in [0.717, 1.165) is 77.0 Å². The van der Waals surface area contributed by atoms with Gasteiger partial charge in [-0.2, -0.15) is 0 Å². The summed E-state index contributed by atoms with van der Waals surface area (Å²) >= 11 is 0. The molecule has 0 aromatic carbocycles. The lowest BCUT2D eigenvalue weighted by Crippen LogP contribution is -2.30. The van der Waals surface area contributed by atoms with Crippen LogP contribution in [0.15, 0.2) is 72.9 Å². The predicted molar refractivity (Wildman–Crippen MR) is 288 cm³/mol. The summed E-state index contributed by atoms with van der Waals surface area (Å²) in [6, 6.07) is 0. The molecular formula is C61H108O5. The molecule has 0 N–H and O–H groups in total. The zero-order valence-corrected chi connectivity index (χ0v) is 44.0. The minimum Gasteiger partial charge on any atom is -0.462 e. The van der Waals surface area contributed by atoms with Crippen molar-refractivity contribution in [2.45, 2.75) is 284 Å². The molecule has 0 saturated carbocycles. The number of carbonyl (C=O) groups excluding carboxylic acids is 2. The molecule has 1 unspecified atom stereocenters. The highest BCUT2D eigenvalue weighted by Gasteiger charge is 2.17. The lowest BCUT2D eigenvalue weighted by atomic mass is 10.1. The third-order valence-electron chi connectivity index (χ3n) is 12.2. The molecule has 0 fully saturated rings. The van der Waals surface area contributed by atoms with Crippen molar-refractivity contribution in [2.75, 3.05) is 19.8 Å². The molecule has 382 valence electrons. The van der Waals surface area contributed by atoms with Gasteiger partial charge in [-0.1, -0.05) is 229 Å². The number of rotatable bonds is 52. The molecule has 5 heteroatoms. The number of ether oxygens (including phenoxy) is 3. The van der Waals surface area contributed by atoms with Crippen LogP contribution in [0.5, 0.6) is 0 Å². The van der Waals surface area contributed by atoms with Crippen molar-refractivity contribution in [3.05, 3.63) is 72.9 Å². The molecule has 0 spiro atoms. The van der Waals surface area contributed by atoms with E-state index in [0.29, 0.717) is 19.4 Å². The third-order valence-corrected chi connectivity index (χ3v) is 12.2. The van der Waals surface area contributed by atoms with Crippen molar-refractivity contribution in [2.24, 2.45) is 0 Å². The Labute approximate surface area is 410 Å². The summed E-state index contributed by atoms with van der Waals surface area (Å²) in [5.41, 5.74) is 0. The van der Waals surface area contributed by atoms with Gasteiger partial charge in [0.25, 0.3) is 0 Å². The summed E-state index contributed by atoms with van der Waals surface area (Å²) in [5.74, 6) is -0.409. The van der Waals surface area contributed by atoms with Crippen LogP contribution in [0, 0.1) is 0 Å². The van der Waals surface area contributed by atoms with Crippen molar-refractivity contribution in [1.29, 1.82) is 0 Å². The van der Waals surface area contributed by atoms with E-state index in [-0.39, 0.29) is 25.2 Å². The molecule has 0 radical (unpaired) electrons. The van der Waals surface area contributed by atoms with Gasteiger partial charge < -0.3 is 14.2 Å². The van der Waals surface area contributed by atoms with Gasteiger partial charge in [-0.05, 0) is 109 Å². The van der Waals surface area contributed by atoms with Crippen molar-refractivity contribution in [3.8, 4) is 0 Å². The van der Waals surface area contributed by atoms with Crippen LogP contribution < -0.4 is 0 Å². The Kier molecular flexibility index (Phi) is 54.4. The van der Waals surface area contributed by atoms with E-state index in [2.05, 4.69) is 93.7 Å². The lowest BCUT2D eigenvalue weighted by molar-refractivity contribution is -0.163. The summed E-state index contributed by atoms with van der Waals surface area (Å²) < 4.78 is 17.5. The molecule has 0 bridgehead atoms.